The summed E-state index contributed by atoms with van der Waals surface area (Å²) in [6, 6.07) is 25.8. The minimum Gasteiger partial charge on any atom is -0.459 e. The predicted octanol–water partition coefficient (Wildman–Crippen LogP) is 7.79. The highest BCUT2D eigenvalue weighted by molar-refractivity contribution is 5.88. The van der Waals surface area contributed by atoms with Crippen LogP contribution in [0, 0.1) is 17.3 Å². The van der Waals surface area contributed by atoms with Crippen molar-refractivity contribution < 1.29 is 19.1 Å². The Morgan fingerprint density at radius 3 is 2.17 bits per heavy atom. The van der Waals surface area contributed by atoms with Crippen molar-refractivity contribution in [1.29, 1.82) is 0 Å². The van der Waals surface area contributed by atoms with Gasteiger partial charge in [-0.25, -0.2) is 9.59 Å². The number of carbonyl (C=O) groups excluding carboxylic acids is 2. The summed E-state index contributed by atoms with van der Waals surface area (Å²) >= 11 is 0. The average molecular weight is 533 g/mol. The van der Waals surface area contributed by atoms with Crippen LogP contribution in [0.15, 0.2) is 91.0 Å². The predicted molar refractivity (Wildman–Crippen MR) is 158 cm³/mol. The van der Waals surface area contributed by atoms with Crippen LogP contribution < -0.4 is 4.74 Å². The van der Waals surface area contributed by atoms with E-state index in [2.05, 4.69) is 19.1 Å². The number of rotatable bonds is 6. The zero-order chi connectivity index (χ0) is 27.5. The van der Waals surface area contributed by atoms with Gasteiger partial charge in [-0.15, -0.1) is 0 Å². The van der Waals surface area contributed by atoms with Gasteiger partial charge in [-0.1, -0.05) is 73.7 Å². The molecule has 4 nitrogen and oxygen atoms in total. The molecule has 3 aliphatic rings. The van der Waals surface area contributed by atoms with Gasteiger partial charge < -0.3 is 9.47 Å². The van der Waals surface area contributed by atoms with Gasteiger partial charge in [0.05, 0.1) is 0 Å². The number of esters is 2. The Kier molecular flexibility index (Phi) is 7.42. The molecule has 6 rings (SSSR count). The maximum absolute atomic E-state index is 12.7. The third-order valence-corrected chi connectivity index (χ3v) is 9.51. The minimum absolute atomic E-state index is 0.0233. The van der Waals surface area contributed by atoms with Crippen LogP contribution >= 0.6 is 0 Å². The summed E-state index contributed by atoms with van der Waals surface area (Å²) in [5.41, 5.74) is 4.69. The first kappa shape index (κ1) is 26.3. The molecular weight excluding hydrogens is 496 g/mol. The van der Waals surface area contributed by atoms with Crippen LogP contribution in [-0.4, -0.2) is 18.0 Å². The molecule has 0 spiro atoms. The summed E-state index contributed by atoms with van der Waals surface area (Å²) < 4.78 is 11.7. The molecule has 2 saturated carbocycles. The van der Waals surface area contributed by atoms with E-state index in [9.17, 15) is 9.59 Å². The molecule has 0 radical (unpaired) electrons. The van der Waals surface area contributed by atoms with Gasteiger partial charge in [0.1, 0.15) is 11.9 Å². The Morgan fingerprint density at radius 1 is 0.800 bits per heavy atom. The number of hydrogen-bond acceptors (Lipinski definition) is 4. The van der Waals surface area contributed by atoms with E-state index in [0.29, 0.717) is 23.5 Å². The fourth-order valence-corrected chi connectivity index (χ4v) is 7.55. The second-order valence-electron chi connectivity index (χ2n) is 11.7. The van der Waals surface area contributed by atoms with E-state index in [1.807, 2.05) is 72.8 Å². The third kappa shape index (κ3) is 5.40. The molecular formula is C36H36O4. The van der Waals surface area contributed by atoms with Crippen molar-refractivity contribution in [2.24, 2.45) is 17.3 Å². The summed E-state index contributed by atoms with van der Waals surface area (Å²) in [6.07, 6.45) is 12.9. The smallest absolute Gasteiger partial charge is 0.336 e. The van der Waals surface area contributed by atoms with Crippen molar-refractivity contribution in [2.75, 3.05) is 0 Å². The lowest BCUT2D eigenvalue weighted by molar-refractivity contribution is -0.151. The molecule has 0 aromatic heterocycles. The fourth-order valence-electron chi connectivity index (χ4n) is 7.55. The van der Waals surface area contributed by atoms with Crippen molar-refractivity contribution in [3.05, 3.63) is 113 Å². The normalized spacial score (nSPS) is 27.1. The van der Waals surface area contributed by atoms with Gasteiger partial charge in [0.2, 0.25) is 0 Å². The molecule has 4 heteroatoms. The summed E-state index contributed by atoms with van der Waals surface area (Å²) in [7, 11) is 0. The lowest BCUT2D eigenvalue weighted by atomic mass is 9.55. The first-order valence-electron chi connectivity index (χ1n) is 14.5. The van der Waals surface area contributed by atoms with E-state index in [-0.39, 0.29) is 23.5 Å². The van der Waals surface area contributed by atoms with E-state index < -0.39 is 0 Å². The molecule has 5 atom stereocenters. The second kappa shape index (κ2) is 11.3. The van der Waals surface area contributed by atoms with Crippen LogP contribution in [0.2, 0.25) is 0 Å². The van der Waals surface area contributed by atoms with E-state index in [4.69, 9.17) is 9.47 Å². The van der Waals surface area contributed by atoms with E-state index in [0.717, 1.165) is 49.7 Å². The van der Waals surface area contributed by atoms with Gasteiger partial charge >= 0.3 is 11.9 Å². The summed E-state index contributed by atoms with van der Waals surface area (Å²) in [4.78, 5) is 25.1. The molecule has 0 saturated heterocycles. The van der Waals surface area contributed by atoms with E-state index >= 15 is 0 Å². The highest BCUT2D eigenvalue weighted by Gasteiger charge is 2.56. The van der Waals surface area contributed by atoms with Crippen LogP contribution in [0.5, 0.6) is 5.75 Å². The average Bonchev–Trinajstić information content (AvgIpc) is 3.31. The van der Waals surface area contributed by atoms with Crippen molar-refractivity contribution in [1.82, 2.24) is 0 Å². The molecule has 3 aromatic rings. The van der Waals surface area contributed by atoms with E-state index in [1.165, 1.54) is 17.2 Å². The van der Waals surface area contributed by atoms with Crippen LogP contribution in [0.3, 0.4) is 0 Å². The highest BCUT2D eigenvalue weighted by atomic mass is 16.5. The molecule has 3 aliphatic carbocycles. The van der Waals surface area contributed by atoms with Gasteiger partial charge in [-0.05, 0) is 103 Å². The zero-order valence-electron chi connectivity index (χ0n) is 23.0. The van der Waals surface area contributed by atoms with Crippen LogP contribution in [0.4, 0.5) is 0 Å². The summed E-state index contributed by atoms with van der Waals surface area (Å²) in [6.45, 7) is 2.35. The SMILES string of the molecule is C[C@]12CC[C@@H]3c4ccc(OC(=O)/C=C/c5ccccc5)cc4CC[C@@H]3[C@@H]1CC[C@@H]2OC(=O)/C=C/c1ccccc1. The lowest BCUT2D eigenvalue weighted by Gasteiger charge is -2.50. The molecule has 0 N–H and O–H groups in total. The maximum Gasteiger partial charge on any atom is 0.336 e. The summed E-state index contributed by atoms with van der Waals surface area (Å²) in [5, 5.41) is 0. The first-order valence-corrected chi connectivity index (χ1v) is 14.5. The molecule has 2 fully saturated rings. The quantitative estimate of drug-likeness (QED) is 0.185. The minimum atomic E-state index is -0.365. The molecule has 0 amide bonds. The molecule has 204 valence electrons. The van der Waals surface area contributed by atoms with E-state index in [1.54, 1.807) is 12.2 Å². The number of hydrogen-bond donors (Lipinski definition) is 0. The molecule has 0 unspecified atom stereocenters. The van der Waals surface area contributed by atoms with Gasteiger partial charge in [-0.3, -0.25) is 0 Å². The Morgan fingerprint density at radius 2 is 1.48 bits per heavy atom. The van der Waals surface area contributed by atoms with Crippen LogP contribution in [0.25, 0.3) is 12.2 Å². The van der Waals surface area contributed by atoms with Crippen LogP contribution in [0.1, 0.15) is 67.2 Å². The monoisotopic (exact) mass is 532 g/mol. The Bertz CT molecular complexity index is 1420. The lowest BCUT2D eigenvalue weighted by Crippen LogP contribution is -2.45. The van der Waals surface area contributed by atoms with Crippen molar-refractivity contribution in [3.8, 4) is 5.75 Å². The molecule has 40 heavy (non-hydrogen) atoms. The Balaban J connectivity index is 1.10. The number of aryl methyl sites for hydroxylation is 1. The molecule has 0 bridgehead atoms. The highest BCUT2D eigenvalue weighted by Crippen LogP contribution is 2.61. The maximum atomic E-state index is 12.7. The molecule has 0 aliphatic heterocycles. The van der Waals surface area contributed by atoms with Gasteiger partial charge in [0.15, 0.2) is 0 Å². The van der Waals surface area contributed by atoms with Crippen LogP contribution in [-0.2, 0) is 20.7 Å². The fraction of sp³-hybridized carbons (Fsp3) is 0.333. The standard InChI is InChI=1S/C36H36O4/c1-36-23-22-30-29-17-15-28(39-34(37)20-12-25-8-4-2-5-9-25)24-27(29)14-16-31(30)32(36)18-19-33(36)40-35(38)21-13-26-10-6-3-7-11-26/h2-13,15,17,20-21,24,30-33H,14,16,18-19,22-23H2,1H3/b20-12+,21-13+/t30-,31+,32+,33+,36+/m1/s1. The number of benzene rings is 3. The van der Waals surface area contributed by atoms with Crippen molar-refractivity contribution >= 4 is 24.1 Å². The summed E-state index contributed by atoms with van der Waals surface area (Å²) in [5.74, 6) is 1.66. The topological polar surface area (TPSA) is 52.6 Å². The second-order valence-corrected chi connectivity index (χ2v) is 11.7. The molecule has 3 aromatic carbocycles. The van der Waals surface area contributed by atoms with Crippen molar-refractivity contribution in [2.45, 2.75) is 57.5 Å². The number of ether oxygens (including phenoxy) is 2. The number of fused-ring (bicyclic) bond motifs is 5. The van der Waals surface area contributed by atoms with Gasteiger partial charge in [0.25, 0.3) is 0 Å². The number of carbonyl (C=O) groups is 2. The van der Waals surface area contributed by atoms with Gasteiger partial charge in [-0.2, -0.15) is 0 Å². The van der Waals surface area contributed by atoms with Crippen molar-refractivity contribution in [3.63, 3.8) is 0 Å². The molecule has 0 heterocycles. The first-order chi connectivity index (χ1) is 19.5. The zero-order valence-corrected chi connectivity index (χ0v) is 23.0. The Labute approximate surface area is 236 Å². The van der Waals surface area contributed by atoms with Gasteiger partial charge in [0, 0.05) is 17.6 Å². The third-order valence-electron chi connectivity index (χ3n) is 9.51. The largest absolute Gasteiger partial charge is 0.459 e. The Hall–Kier alpha value is -3.92.